The summed E-state index contributed by atoms with van der Waals surface area (Å²) in [7, 11) is -2.02. The van der Waals surface area contributed by atoms with Crippen LogP contribution in [0.2, 0.25) is 0 Å². The standard InChI is InChI=1S/C22H28N2O7S/c1-5-31-19-11-14(9-10-18(19)30-3)17(12-32(4,28)29)24-21(26)15-7-6-8-16(23-13(2)25)20(15)22(24)27/h6-11,17,21-22,26-27H,5,12H2,1-4H3,(H,23,25)/t17-,21+,22+/m1/s1. The normalized spacial score (nSPS) is 19.3. The SMILES string of the molecule is CCOc1cc([C@@H](CS(C)(=O)=O)N2[C@@H](O)c3cccc(NC(C)=O)c3[C@@H]2O)ccc1OC. The van der Waals surface area contributed by atoms with Gasteiger partial charge in [-0.2, -0.15) is 0 Å². The van der Waals surface area contributed by atoms with Crippen molar-refractivity contribution in [1.29, 1.82) is 0 Å². The lowest BCUT2D eigenvalue weighted by atomic mass is 10.1. The molecule has 1 heterocycles. The van der Waals surface area contributed by atoms with Crippen LogP contribution in [0.4, 0.5) is 5.69 Å². The maximum absolute atomic E-state index is 12.3. The number of sulfone groups is 1. The van der Waals surface area contributed by atoms with Crippen molar-refractivity contribution < 1.29 is 32.9 Å². The van der Waals surface area contributed by atoms with Crippen molar-refractivity contribution in [2.75, 3.05) is 31.0 Å². The number of rotatable bonds is 8. The summed E-state index contributed by atoms with van der Waals surface area (Å²) in [6.07, 6.45) is -1.55. The van der Waals surface area contributed by atoms with Crippen LogP contribution in [0.3, 0.4) is 0 Å². The quantitative estimate of drug-likeness (QED) is 0.543. The number of aliphatic hydroxyl groups is 2. The van der Waals surface area contributed by atoms with Gasteiger partial charge in [0.2, 0.25) is 5.91 Å². The van der Waals surface area contributed by atoms with E-state index < -0.39 is 28.3 Å². The fraction of sp³-hybridized carbons (Fsp3) is 0.409. The van der Waals surface area contributed by atoms with Crippen LogP contribution in [0.25, 0.3) is 0 Å². The van der Waals surface area contributed by atoms with Crippen LogP contribution in [-0.4, -0.2) is 55.2 Å². The number of nitrogens with one attached hydrogen (secondary N) is 1. The van der Waals surface area contributed by atoms with Crippen LogP contribution in [0.5, 0.6) is 11.5 Å². The van der Waals surface area contributed by atoms with Gasteiger partial charge in [0.15, 0.2) is 11.5 Å². The van der Waals surface area contributed by atoms with Crippen LogP contribution in [0, 0.1) is 0 Å². The summed E-state index contributed by atoms with van der Waals surface area (Å²) in [4.78, 5) is 12.9. The molecule has 0 radical (unpaired) electrons. The average molecular weight is 465 g/mol. The number of benzene rings is 2. The molecule has 0 saturated heterocycles. The van der Waals surface area contributed by atoms with Crippen molar-refractivity contribution in [3.05, 3.63) is 53.1 Å². The van der Waals surface area contributed by atoms with Gasteiger partial charge in [-0.25, -0.2) is 13.3 Å². The molecule has 9 nitrogen and oxygen atoms in total. The number of carbonyl (C=O) groups is 1. The molecule has 32 heavy (non-hydrogen) atoms. The number of anilines is 1. The highest BCUT2D eigenvalue weighted by atomic mass is 32.2. The average Bonchev–Trinajstić information content (AvgIpc) is 2.96. The minimum atomic E-state index is -3.52. The van der Waals surface area contributed by atoms with E-state index >= 15 is 0 Å². The summed E-state index contributed by atoms with van der Waals surface area (Å²) in [5.74, 6) is 0.212. The van der Waals surface area contributed by atoms with E-state index in [-0.39, 0.29) is 11.7 Å². The largest absolute Gasteiger partial charge is 0.493 e. The highest BCUT2D eigenvalue weighted by Gasteiger charge is 2.43. The Kier molecular flexibility index (Phi) is 7.09. The predicted molar refractivity (Wildman–Crippen MR) is 119 cm³/mol. The van der Waals surface area contributed by atoms with Crippen molar-refractivity contribution in [2.24, 2.45) is 0 Å². The Morgan fingerprint density at radius 3 is 2.50 bits per heavy atom. The second-order valence-corrected chi connectivity index (χ2v) is 9.82. The summed E-state index contributed by atoms with van der Waals surface area (Å²) >= 11 is 0. The lowest BCUT2D eigenvalue weighted by Crippen LogP contribution is -2.35. The van der Waals surface area contributed by atoms with Crippen LogP contribution in [-0.2, 0) is 14.6 Å². The zero-order valence-corrected chi connectivity index (χ0v) is 19.2. The van der Waals surface area contributed by atoms with Gasteiger partial charge >= 0.3 is 0 Å². The van der Waals surface area contributed by atoms with Crippen molar-refractivity contribution in [2.45, 2.75) is 32.3 Å². The highest BCUT2D eigenvalue weighted by molar-refractivity contribution is 7.90. The smallest absolute Gasteiger partial charge is 0.221 e. The molecule has 3 rings (SSSR count). The first-order valence-corrected chi connectivity index (χ1v) is 12.2. The molecule has 0 spiro atoms. The monoisotopic (exact) mass is 464 g/mol. The number of hydrogen-bond donors (Lipinski definition) is 3. The maximum atomic E-state index is 12.3. The minimum Gasteiger partial charge on any atom is -0.493 e. The number of nitrogens with zero attached hydrogens (tertiary/aromatic N) is 1. The van der Waals surface area contributed by atoms with E-state index in [9.17, 15) is 23.4 Å². The summed E-state index contributed by atoms with van der Waals surface area (Å²) in [6.45, 7) is 3.53. The molecule has 0 aromatic heterocycles. The number of aliphatic hydroxyl groups excluding tert-OH is 2. The van der Waals surface area contributed by atoms with Gasteiger partial charge in [0.1, 0.15) is 22.3 Å². The first-order valence-electron chi connectivity index (χ1n) is 10.1. The van der Waals surface area contributed by atoms with Crippen LogP contribution < -0.4 is 14.8 Å². The van der Waals surface area contributed by atoms with Crippen molar-refractivity contribution in [3.63, 3.8) is 0 Å². The lowest BCUT2D eigenvalue weighted by Gasteiger charge is -2.33. The van der Waals surface area contributed by atoms with E-state index in [2.05, 4.69) is 5.32 Å². The zero-order valence-electron chi connectivity index (χ0n) is 18.4. The van der Waals surface area contributed by atoms with Gasteiger partial charge in [0, 0.05) is 30.0 Å². The molecule has 3 atom stereocenters. The van der Waals surface area contributed by atoms with Gasteiger partial charge in [-0.05, 0) is 30.7 Å². The molecule has 3 N–H and O–H groups in total. The predicted octanol–water partition coefficient (Wildman–Crippen LogP) is 2.14. The molecule has 174 valence electrons. The molecule has 0 fully saturated rings. The maximum Gasteiger partial charge on any atom is 0.221 e. The van der Waals surface area contributed by atoms with Crippen molar-refractivity contribution in [1.82, 2.24) is 4.90 Å². The molecule has 0 unspecified atom stereocenters. The molecular weight excluding hydrogens is 436 g/mol. The molecule has 0 aliphatic carbocycles. The number of carbonyl (C=O) groups excluding carboxylic acids is 1. The first-order chi connectivity index (χ1) is 15.1. The lowest BCUT2D eigenvalue weighted by molar-refractivity contribution is -0.114. The van der Waals surface area contributed by atoms with Gasteiger partial charge in [-0.3, -0.25) is 4.79 Å². The van der Waals surface area contributed by atoms with E-state index in [0.29, 0.717) is 40.5 Å². The number of methoxy groups -OCH3 is 1. The number of ether oxygens (including phenoxy) is 2. The van der Waals surface area contributed by atoms with Gasteiger partial charge in [0.05, 0.1) is 25.5 Å². The van der Waals surface area contributed by atoms with E-state index in [0.717, 1.165) is 6.26 Å². The van der Waals surface area contributed by atoms with E-state index in [1.54, 1.807) is 36.4 Å². The first kappa shape index (κ1) is 24.0. The van der Waals surface area contributed by atoms with E-state index in [4.69, 9.17) is 9.47 Å². The topological polar surface area (TPSA) is 125 Å². The van der Waals surface area contributed by atoms with Crippen LogP contribution >= 0.6 is 0 Å². The second kappa shape index (κ2) is 9.45. The Morgan fingerprint density at radius 2 is 1.91 bits per heavy atom. The van der Waals surface area contributed by atoms with Gasteiger partial charge in [-0.1, -0.05) is 18.2 Å². The number of hydrogen-bond acceptors (Lipinski definition) is 8. The third kappa shape index (κ3) is 4.88. The number of amides is 1. The van der Waals surface area contributed by atoms with Gasteiger partial charge in [0.25, 0.3) is 0 Å². The van der Waals surface area contributed by atoms with E-state index in [1.807, 2.05) is 6.92 Å². The molecule has 2 aromatic carbocycles. The molecule has 1 aliphatic heterocycles. The van der Waals surface area contributed by atoms with Crippen molar-refractivity contribution in [3.8, 4) is 11.5 Å². The van der Waals surface area contributed by atoms with Crippen molar-refractivity contribution >= 4 is 21.4 Å². The molecule has 1 aliphatic rings. The Bertz CT molecular complexity index is 1100. The third-order valence-corrected chi connectivity index (χ3v) is 6.17. The molecule has 1 amide bonds. The summed E-state index contributed by atoms with van der Waals surface area (Å²) in [5.41, 5.74) is 1.59. The Morgan fingerprint density at radius 1 is 1.19 bits per heavy atom. The summed E-state index contributed by atoms with van der Waals surface area (Å²) in [6, 6.07) is 8.97. The summed E-state index contributed by atoms with van der Waals surface area (Å²) < 4.78 is 35.5. The molecule has 0 bridgehead atoms. The molecule has 2 aromatic rings. The Balaban J connectivity index is 2.11. The fourth-order valence-electron chi connectivity index (χ4n) is 3.99. The van der Waals surface area contributed by atoms with Gasteiger partial charge in [-0.15, -0.1) is 0 Å². The molecule has 10 heteroatoms. The van der Waals surface area contributed by atoms with Gasteiger partial charge < -0.3 is 25.0 Å². The highest BCUT2D eigenvalue weighted by Crippen LogP contribution is 2.48. The summed E-state index contributed by atoms with van der Waals surface area (Å²) in [5, 5.41) is 24.9. The van der Waals surface area contributed by atoms with Crippen LogP contribution in [0.15, 0.2) is 36.4 Å². The fourth-order valence-corrected chi connectivity index (χ4v) is 4.93. The second-order valence-electron chi connectivity index (χ2n) is 7.64. The molecular formula is C22H28N2O7S. The minimum absolute atomic E-state index is 0.326. The Labute approximate surface area is 187 Å². The zero-order chi connectivity index (χ0) is 23.6. The van der Waals surface area contributed by atoms with E-state index in [1.165, 1.54) is 18.9 Å². The molecule has 0 saturated carbocycles. The number of fused-ring (bicyclic) bond motifs is 1. The Hall–Kier alpha value is -2.66. The van der Waals surface area contributed by atoms with Crippen LogP contribution in [0.1, 0.15) is 49.0 Å². The third-order valence-electron chi connectivity index (χ3n) is 5.24.